The third kappa shape index (κ3) is 3.45. The standard InChI is InChI=1S/C15H24N2O/c1-3-12(2)17-9-8-14(16-17)10-13-6-4-5-7-15(18)11-13/h8-9,11-12,15,18H,3-7,10H2,1-2H3. The first-order valence-corrected chi connectivity index (χ1v) is 7.10. The van der Waals surface area contributed by atoms with Crippen LogP contribution in [0.3, 0.4) is 0 Å². The molecule has 0 saturated heterocycles. The number of aliphatic hydroxyl groups excluding tert-OH is 1. The minimum absolute atomic E-state index is 0.251. The topological polar surface area (TPSA) is 38.0 Å². The first-order chi connectivity index (χ1) is 8.69. The quantitative estimate of drug-likeness (QED) is 0.831. The summed E-state index contributed by atoms with van der Waals surface area (Å²) in [4.78, 5) is 0. The summed E-state index contributed by atoms with van der Waals surface area (Å²) in [7, 11) is 0. The van der Waals surface area contributed by atoms with Gasteiger partial charge in [0.05, 0.1) is 11.8 Å². The Labute approximate surface area is 110 Å². The van der Waals surface area contributed by atoms with Crippen LogP contribution in [0.2, 0.25) is 0 Å². The molecule has 100 valence electrons. The Hall–Kier alpha value is -1.09. The normalized spacial score (nSPS) is 22.4. The smallest absolute Gasteiger partial charge is 0.0723 e. The van der Waals surface area contributed by atoms with E-state index in [0.717, 1.165) is 37.8 Å². The predicted molar refractivity (Wildman–Crippen MR) is 73.5 cm³/mol. The average molecular weight is 248 g/mol. The van der Waals surface area contributed by atoms with Crippen LogP contribution in [-0.2, 0) is 6.42 Å². The Morgan fingerprint density at radius 3 is 3.11 bits per heavy atom. The zero-order valence-corrected chi connectivity index (χ0v) is 11.5. The molecule has 0 bridgehead atoms. The van der Waals surface area contributed by atoms with Gasteiger partial charge in [0.1, 0.15) is 0 Å². The molecular formula is C15H24N2O. The van der Waals surface area contributed by atoms with Gasteiger partial charge in [0, 0.05) is 18.7 Å². The molecule has 2 unspecified atom stereocenters. The van der Waals surface area contributed by atoms with Crippen LogP contribution in [0.15, 0.2) is 23.9 Å². The highest BCUT2D eigenvalue weighted by Crippen LogP contribution is 2.21. The van der Waals surface area contributed by atoms with Crippen molar-refractivity contribution in [2.75, 3.05) is 0 Å². The second-order valence-corrected chi connectivity index (χ2v) is 5.36. The number of allylic oxidation sites excluding steroid dienone is 1. The van der Waals surface area contributed by atoms with Gasteiger partial charge in [0.25, 0.3) is 0 Å². The summed E-state index contributed by atoms with van der Waals surface area (Å²) in [5.74, 6) is 0. The van der Waals surface area contributed by atoms with E-state index in [1.54, 1.807) is 0 Å². The second-order valence-electron chi connectivity index (χ2n) is 5.36. The lowest BCUT2D eigenvalue weighted by Crippen LogP contribution is -2.05. The monoisotopic (exact) mass is 248 g/mol. The minimum atomic E-state index is -0.251. The number of aromatic nitrogens is 2. The Kier molecular flexibility index (Phi) is 4.59. The minimum Gasteiger partial charge on any atom is -0.389 e. The summed E-state index contributed by atoms with van der Waals surface area (Å²) in [5.41, 5.74) is 2.46. The van der Waals surface area contributed by atoms with Crippen molar-refractivity contribution >= 4 is 0 Å². The van der Waals surface area contributed by atoms with Crippen molar-refractivity contribution in [3.05, 3.63) is 29.6 Å². The molecule has 3 nitrogen and oxygen atoms in total. The van der Waals surface area contributed by atoms with Crippen molar-refractivity contribution < 1.29 is 5.11 Å². The van der Waals surface area contributed by atoms with E-state index in [1.165, 1.54) is 12.0 Å². The molecule has 1 aromatic heterocycles. The maximum atomic E-state index is 9.77. The highest BCUT2D eigenvalue weighted by molar-refractivity contribution is 5.16. The van der Waals surface area contributed by atoms with Gasteiger partial charge in [0.2, 0.25) is 0 Å². The fourth-order valence-electron chi connectivity index (χ4n) is 2.43. The van der Waals surface area contributed by atoms with E-state index in [4.69, 9.17) is 0 Å². The number of rotatable bonds is 4. The molecule has 0 amide bonds. The first-order valence-electron chi connectivity index (χ1n) is 7.10. The molecule has 0 aliphatic heterocycles. The molecule has 0 radical (unpaired) electrons. The van der Waals surface area contributed by atoms with Crippen molar-refractivity contribution in [1.29, 1.82) is 0 Å². The Morgan fingerprint density at radius 1 is 1.50 bits per heavy atom. The van der Waals surface area contributed by atoms with E-state index in [-0.39, 0.29) is 6.10 Å². The van der Waals surface area contributed by atoms with Crippen LogP contribution in [0.1, 0.15) is 57.7 Å². The maximum Gasteiger partial charge on any atom is 0.0723 e. The van der Waals surface area contributed by atoms with Crippen LogP contribution in [0, 0.1) is 0 Å². The lowest BCUT2D eigenvalue weighted by atomic mass is 10.1. The SMILES string of the molecule is CCC(C)n1ccc(CC2=CC(O)CCCC2)n1. The van der Waals surface area contributed by atoms with Gasteiger partial charge in [-0.3, -0.25) is 4.68 Å². The number of nitrogens with zero attached hydrogens (tertiary/aromatic N) is 2. The van der Waals surface area contributed by atoms with Crippen molar-refractivity contribution in [3.8, 4) is 0 Å². The summed E-state index contributed by atoms with van der Waals surface area (Å²) in [5, 5.41) is 14.4. The van der Waals surface area contributed by atoms with Crippen LogP contribution in [0.4, 0.5) is 0 Å². The van der Waals surface area contributed by atoms with Crippen molar-refractivity contribution in [3.63, 3.8) is 0 Å². The lowest BCUT2D eigenvalue weighted by molar-refractivity contribution is 0.211. The lowest BCUT2D eigenvalue weighted by Gasteiger charge is -2.08. The van der Waals surface area contributed by atoms with E-state index in [9.17, 15) is 5.11 Å². The summed E-state index contributed by atoms with van der Waals surface area (Å²) in [6.45, 7) is 4.36. The summed E-state index contributed by atoms with van der Waals surface area (Å²) >= 11 is 0. The molecule has 1 aliphatic rings. The molecule has 18 heavy (non-hydrogen) atoms. The summed E-state index contributed by atoms with van der Waals surface area (Å²) in [6.07, 6.45) is 10.2. The molecule has 2 atom stereocenters. The fraction of sp³-hybridized carbons (Fsp3) is 0.667. The van der Waals surface area contributed by atoms with Crippen LogP contribution in [-0.4, -0.2) is 21.0 Å². The van der Waals surface area contributed by atoms with E-state index in [0.29, 0.717) is 6.04 Å². The molecule has 0 fully saturated rings. The van der Waals surface area contributed by atoms with Gasteiger partial charge in [-0.25, -0.2) is 0 Å². The maximum absolute atomic E-state index is 9.77. The van der Waals surface area contributed by atoms with Crippen molar-refractivity contribution in [2.24, 2.45) is 0 Å². The molecule has 2 rings (SSSR count). The zero-order chi connectivity index (χ0) is 13.0. The van der Waals surface area contributed by atoms with Gasteiger partial charge in [-0.2, -0.15) is 5.10 Å². The number of hydrogen-bond acceptors (Lipinski definition) is 2. The first kappa shape index (κ1) is 13.3. The van der Waals surface area contributed by atoms with Gasteiger partial charge in [-0.05, 0) is 38.7 Å². The van der Waals surface area contributed by atoms with Gasteiger partial charge in [0.15, 0.2) is 0 Å². The molecule has 1 heterocycles. The van der Waals surface area contributed by atoms with E-state index < -0.39 is 0 Å². The van der Waals surface area contributed by atoms with Gasteiger partial charge in [-0.15, -0.1) is 0 Å². The number of aliphatic hydroxyl groups is 1. The largest absolute Gasteiger partial charge is 0.389 e. The molecule has 1 N–H and O–H groups in total. The Bertz CT molecular complexity index is 408. The predicted octanol–water partition coefficient (Wildman–Crippen LogP) is 3.26. The van der Waals surface area contributed by atoms with E-state index >= 15 is 0 Å². The van der Waals surface area contributed by atoms with Crippen molar-refractivity contribution in [2.45, 2.75) is 64.5 Å². The van der Waals surface area contributed by atoms with E-state index in [1.807, 2.05) is 10.8 Å². The third-order valence-electron chi connectivity index (χ3n) is 3.79. The summed E-state index contributed by atoms with van der Waals surface area (Å²) in [6, 6.07) is 2.57. The zero-order valence-electron chi connectivity index (χ0n) is 11.5. The van der Waals surface area contributed by atoms with Crippen LogP contribution in [0.25, 0.3) is 0 Å². The van der Waals surface area contributed by atoms with Crippen LogP contribution >= 0.6 is 0 Å². The van der Waals surface area contributed by atoms with Crippen LogP contribution in [0.5, 0.6) is 0 Å². The Balaban J connectivity index is 2.02. The second kappa shape index (κ2) is 6.19. The summed E-state index contributed by atoms with van der Waals surface area (Å²) < 4.78 is 2.04. The van der Waals surface area contributed by atoms with Gasteiger partial charge >= 0.3 is 0 Å². The molecule has 1 aliphatic carbocycles. The Morgan fingerprint density at radius 2 is 2.33 bits per heavy atom. The molecule has 1 aromatic rings. The highest BCUT2D eigenvalue weighted by atomic mass is 16.3. The molecule has 3 heteroatoms. The molecule has 0 saturated carbocycles. The van der Waals surface area contributed by atoms with E-state index in [2.05, 4.69) is 31.2 Å². The van der Waals surface area contributed by atoms with Crippen molar-refractivity contribution in [1.82, 2.24) is 9.78 Å². The van der Waals surface area contributed by atoms with Gasteiger partial charge < -0.3 is 5.11 Å². The molecule has 0 aromatic carbocycles. The van der Waals surface area contributed by atoms with Crippen LogP contribution < -0.4 is 0 Å². The molecule has 0 spiro atoms. The number of hydrogen-bond donors (Lipinski definition) is 1. The third-order valence-corrected chi connectivity index (χ3v) is 3.79. The van der Waals surface area contributed by atoms with Gasteiger partial charge in [-0.1, -0.05) is 25.0 Å². The fourth-order valence-corrected chi connectivity index (χ4v) is 2.43. The highest BCUT2D eigenvalue weighted by Gasteiger charge is 2.11. The average Bonchev–Trinajstić information content (AvgIpc) is 2.72. The molecular weight excluding hydrogens is 224 g/mol.